The lowest BCUT2D eigenvalue weighted by Crippen LogP contribution is -2.57. The third-order valence-corrected chi connectivity index (χ3v) is 5.97. The maximum Gasteiger partial charge on any atom is 0.0695 e. The molecule has 2 aliphatic rings. The van der Waals surface area contributed by atoms with Gasteiger partial charge in [-0.25, -0.2) is 0 Å². The number of rotatable bonds is 4. The van der Waals surface area contributed by atoms with Crippen molar-refractivity contribution in [3.05, 3.63) is 0 Å². The smallest absolute Gasteiger partial charge is 0.0695 e. The molecule has 1 aliphatic carbocycles. The Kier molecular flexibility index (Phi) is 5.49. The highest BCUT2D eigenvalue weighted by Gasteiger charge is 2.41. The second-order valence-corrected chi connectivity index (χ2v) is 7.36. The van der Waals surface area contributed by atoms with Gasteiger partial charge in [-0.2, -0.15) is 0 Å². The third-order valence-electron chi connectivity index (χ3n) is 5.97. The summed E-state index contributed by atoms with van der Waals surface area (Å²) in [7, 11) is 0. The lowest BCUT2D eigenvalue weighted by atomic mass is 9.67. The molecule has 0 amide bonds. The van der Waals surface area contributed by atoms with E-state index in [0.29, 0.717) is 17.5 Å². The highest BCUT2D eigenvalue weighted by atomic mass is 16.5. The fourth-order valence-corrected chi connectivity index (χ4v) is 3.94. The highest BCUT2D eigenvalue weighted by Crippen LogP contribution is 2.42. The van der Waals surface area contributed by atoms with Crippen molar-refractivity contribution in [2.24, 2.45) is 11.3 Å². The average Bonchev–Trinajstić information content (AvgIpc) is 2.47. The van der Waals surface area contributed by atoms with E-state index in [0.717, 1.165) is 44.9 Å². The molecule has 1 aliphatic heterocycles. The maximum absolute atomic E-state index is 10.5. The number of morpholine rings is 1. The van der Waals surface area contributed by atoms with E-state index in [-0.39, 0.29) is 6.10 Å². The normalized spacial score (nSPS) is 37.0. The van der Waals surface area contributed by atoms with Crippen molar-refractivity contribution < 1.29 is 9.84 Å². The van der Waals surface area contributed by atoms with E-state index in [4.69, 9.17) is 4.74 Å². The Morgan fingerprint density at radius 1 is 1.25 bits per heavy atom. The van der Waals surface area contributed by atoms with Crippen LogP contribution in [0.3, 0.4) is 0 Å². The number of ether oxygens (including phenoxy) is 1. The first-order valence-electron chi connectivity index (χ1n) is 8.51. The molecular formula is C17H33NO2. The van der Waals surface area contributed by atoms with E-state index in [9.17, 15) is 5.11 Å². The Balaban J connectivity index is 2.08. The molecule has 20 heavy (non-hydrogen) atoms. The third kappa shape index (κ3) is 3.37. The summed E-state index contributed by atoms with van der Waals surface area (Å²) in [5, 5.41) is 10.5. The Bertz CT molecular complexity index is 305. The molecule has 3 nitrogen and oxygen atoms in total. The van der Waals surface area contributed by atoms with Crippen LogP contribution in [-0.2, 0) is 4.74 Å². The molecule has 4 atom stereocenters. The molecular weight excluding hydrogens is 250 g/mol. The first-order valence-corrected chi connectivity index (χ1v) is 8.51. The van der Waals surface area contributed by atoms with Gasteiger partial charge < -0.3 is 9.84 Å². The topological polar surface area (TPSA) is 32.7 Å². The molecule has 4 unspecified atom stereocenters. The zero-order chi connectivity index (χ0) is 14.8. The predicted molar refractivity (Wildman–Crippen MR) is 82.8 cm³/mol. The van der Waals surface area contributed by atoms with Gasteiger partial charge in [0, 0.05) is 18.6 Å². The van der Waals surface area contributed by atoms with Crippen LogP contribution in [0.15, 0.2) is 0 Å². The number of nitrogens with zero attached hydrogens (tertiary/aromatic N) is 1. The van der Waals surface area contributed by atoms with Gasteiger partial charge in [0.05, 0.1) is 19.3 Å². The van der Waals surface area contributed by atoms with Crippen molar-refractivity contribution in [2.75, 3.05) is 19.8 Å². The lowest BCUT2D eigenvalue weighted by molar-refractivity contribution is -0.0867. The van der Waals surface area contributed by atoms with Gasteiger partial charge in [-0.1, -0.05) is 34.1 Å². The van der Waals surface area contributed by atoms with Crippen molar-refractivity contribution in [1.82, 2.24) is 4.90 Å². The molecule has 1 heterocycles. The fourth-order valence-electron chi connectivity index (χ4n) is 3.94. The first-order chi connectivity index (χ1) is 9.49. The monoisotopic (exact) mass is 283 g/mol. The minimum atomic E-state index is -0.147. The quantitative estimate of drug-likeness (QED) is 0.860. The molecule has 0 spiro atoms. The minimum Gasteiger partial charge on any atom is -0.391 e. The van der Waals surface area contributed by atoms with Crippen molar-refractivity contribution in [3.63, 3.8) is 0 Å². The largest absolute Gasteiger partial charge is 0.391 e. The van der Waals surface area contributed by atoms with E-state index < -0.39 is 0 Å². The van der Waals surface area contributed by atoms with Gasteiger partial charge in [0.2, 0.25) is 0 Å². The molecule has 3 heteroatoms. The van der Waals surface area contributed by atoms with Crippen LogP contribution in [0.4, 0.5) is 0 Å². The van der Waals surface area contributed by atoms with E-state index in [1.54, 1.807) is 0 Å². The zero-order valence-electron chi connectivity index (χ0n) is 13.8. The second-order valence-electron chi connectivity index (χ2n) is 7.36. The van der Waals surface area contributed by atoms with E-state index in [1.165, 1.54) is 12.8 Å². The maximum atomic E-state index is 10.5. The summed E-state index contributed by atoms with van der Waals surface area (Å²) in [6.45, 7) is 12.0. The summed E-state index contributed by atoms with van der Waals surface area (Å²) in [4.78, 5) is 2.55. The average molecular weight is 283 g/mol. The van der Waals surface area contributed by atoms with Crippen molar-refractivity contribution in [3.8, 4) is 0 Å². The predicted octanol–water partition coefficient (Wildman–Crippen LogP) is 3.06. The summed E-state index contributed by atoms with van der Waals surface area (Å²) in [6.07, 6.45) is 5.49. The van der Waals surface area contributed by atoms with E-state index in [1.807, 2.05) is 0 Å². The first kappa shape index (κ1) is 16.3. The van der Waals surface area contributed by atoms with Gasteiger partial charge in [-0.15, -0.1) is 0 Å². The Hall–Kier alpha value is -0.120. The molecule has 0 bridgehead atoms. The Labute approximate surface area is 124 Å². The Morgan fingerprint density at radius 3 is 2.65 bits per heavy atom. The zero-order valence-corrected chi connectivity index (χ0v) is 13.8. The molecule has 118 valence electrons. The van der Waals surface area contributed by atoms with Crippen LogP contribution >= 0.6 is 0 Å². The second kappa shape index (κ2) is 6.76. The van der Waals surface area contributed by atoms with E-state index >= 15 is 0 Å². The SMILES string of the molecule is CCC1COCCN1C1CC(C(C)(C)CC)CCC1O. The van der Waals surface area contributed by atoms with Crippen molar-refractivity contribution in [1.29, 1.82) is 0 Å². The summed E-state index contributed by atoms with van der Waals surface area (Å²) >= 11 is 0. The van der Waals surface area contributed by atoms with Gasteiger partial charge in [-0.05, 0) is 37.0 Å². The van der Waals surface area contributed by atoms with Gasteiger partial charge in [0.25, 0.3) is 0 Å². The molecule has 1 N–H and O–H groups in total. The highest BCUT2D eigenvalue weighted by molar-refractivity contribution is 4.94. The van der Waals surface area contributed by atoms with Crippen LogP contribution in [0.25, 0.3) is 0 Å². The van der Waals surface area contributed by atoms with Crippen LogP contribution in [0, 0.1) is 11.3 Å². The molecule has 2 rings (SSSR count). The number of hydrogen-bond donors (Lipinski definition) is 1. The van der Waals surface area contributed by atoms with Crippen LogP contribution in [-0.4, -0.2) is 48.0 Å². The van der Waals surface area contributed by atoms with Gasteiger partial charge >= 0.3 is 0 Å². The summed E-state index contributed by atoms with van der Waals surface area (Å²) < 4.78 is 5.62. The molecule has 1 saturated carbocycles. The number of hydrogen-bond acceptors (Lipinski definition) is 3. The van der Waals surface area contributed by atoms with Crippen LogP contribution in [0.5, 0.6) is 0 Å². The van der Waals surface area contributed by atoms with Gasteiger partial charge in [0.15, 0.2) is 0 Å². The van der Waals surface area contributed by atoms with Gasteiger partial charge in [-0.3, -0.25) is 4.90 Å². The van der Waals surface area contributed by atoms with Crippen LogP contribution in [0.2, 0.25) is 0 Å². The fraction of sp³-hybridized carbons (Fsp3) is 1.00. The summed E-state index contributed by atoms with van der Waals surface area (Å²) in [6, 6.07) is 0.834. The molecule has 0 aromatic carbocycles. The molecule has 1 saturated heterocycles. The van der Waals surface area contributed by atoms with Crippen LogP contribution < -0.4 is 0 Å². The molecule has 0 aromatic heterocycles. The van der Waals surface area contributed by atoms with Gasteiger partial charge in [0.1, 0.15) is 0 Å². The standard InChI is InChI=1S/C17H33NO2/c1-5-14-12-20-10-9-18(14)15-11-13(7-8-16(15)19)17(3,4)6-2/h13-16,19H,5-12H2,1-4H3. The number of aliphatic hydroxyl groups excluding tert-OH is 1. The molecule has 0 aromatic rings. The Morgan fingerprint density at radius 2 is 2.00 bits per heavy atom. The molecule has 2 fully saturated rings. The minimum absolute atomic E-state index is 0.147. The number of aliphatic hydroxyl groups is 1. The molecule has 0 radical (unpaired) electrons. The van der Waals surface area contributed by atoms with Crippen molar-refractivity contribution >= 4 is 0 Å². The summed E-state index contributed by atoms with van der Waals surface area (Å²) in [5.74, 6) is 0.737. The van der Waals surface area contributed by atoms with Crippen LogP contribution in [0.1, 0.15) is 59.8 Å². The van der Waals surface area contributed by atoms with E-state index in [2.05, 4.69) is 32.6 Å². The summed E-state index contributed by atoms with van der Waals surface area (Å²) in [5.41, 5.74) is 0.395. The van der Waals surface area contributed by atoms with Crippen molar-refractivity contribution in [2.45, 2.75) is 78.0 Å². The lowest BCUT2D eigenvalue weighted by Gasteiger charge is -2.48.